The van der Waals surface area contributed by atoms with Crippen molar-refractivity contribution in [2.45, 2.75) is 13.0 Å². The van der Waals surface area contributed by atoms with Gasteiger partial charge in [0.15, 0.2) is 0 Å². The van der Waals surface area contributed by atoms with Gasteiger partial charge in [0.25, 0.3) is 0 Å². The van der Waals surface area contributed by atoms with Crippen LogP contribution in [0, 0.1) is 5.82 Å². The van der Waals surface area contributed by atoms with E-state index in [1.807, 2.05) is 0 Å². The van der Waals surface area contributed by atoms with Crippen molar-refractivity contribution in [1.82, 2.24) is 4.90 Å². The molecule has 88 valence electrons. The van der Waals surface area contributed by atoms with Crippen molar-refractivity contribution in [3.8, 4) is 0 Å². The zero-order chi connectivity index (χ0) is 12.3. The van der Waals surface area contributed by atoms with Crippen LogP contribution < -0.4 is 11.1 Å². The molecule has 0 aliphatic carbocycles. The number of nitrogens with two attached hydrogens (primary N) is 1. The highest BCUT2D eigenvalue weighted by molar-refractivity contribution is 5.85. The second-order valence-corrected chi connectivity index (χ2v) is 3.83. The highest BCUT2D eigenvalue weighted by atomic mass is 19.1. The number of halogens is 1. The Balaban J connectivity index is 2.77. The molecule has 0 saturated heterocycles. The number of likely N-dealkylation sites (N-methyl/N-ethyl adjacent to an activating group) is 1. The first-order valence-electron chi connectivity index (χ1n) is 4.94. The Morgan fingerprint density at radius 2 is 2.12 bits per heavy atom. The van der Waals surface area contributed by atoms with Gasteiger partial charge in [-0.15, -0.1) is 0 Å². The van der Waals surface area contributed by atoms with Crippen LogP contribution in [0.15, 0.2) is 18.2 Å². The van der Waals surface area contributed by atoms with Crippen LogP contribution in [0.4, 0.5) is 15.8 Å². The quantitative estimate of drug-likeness (QED) is 0.762. The lowest BCUT2D eigenvalue weighted by atomic mass is 10.2. The largest absolute Gasteiger partial charge is 0.397 e. The van der Waals surface area contributed by atoms with Gasteiger partial charge >= 0.3 is 0 Å². The van der Waals surface area contributed by atoms with E-state index in [2.05, 4.69) is 5.32 Å². The van der Waals surface area contributed by atoms with Crippen molar-refractivity contribution in [1.29, 1.82) is 0 Å². The van der Waals surface area contributed by atoms with Crippen LogP contribution in [0.2, 0.25) is 0 Å². The molecular weight excluding hydrogens is 209 g/mol. The number of nitrogens with one attached hydrogen (secondary N) is 1. The lowest BCUT2D eigenvalue weighted by molar-refractivity contribution is -0.129. The molecule has 0 aliphatic rings. The Morgan fingerprint density at radius 1 is 1.50 bits per heavy atom. The summed E-state index contributed by atoms with van der Waals surface area (Å²) < 4.78 is 12.8. The van der Waals surface area contributed by atoms with Gasteiger partial charge in [0, 0.05) is 14.1 Å². The minimum atomic E-state index is -0.400. The summed E-state index contributed by atoms with van der Waals surface area (Å²) in [6.07, 6.45) is 0. The number of amides is 1. The minimum absolute atomic E-state index is 0.0660. The van der Waals surface area contributed by atoms with Crippen LogP contribution in [0.3, 0.4) is 0 Å². The molecule has 0 radical (unpaired) electrons. The molecule has 4 nitrogen and oxygen atoms in total. The third kappa shape index (κ3) is 2.85. The number of hydrogen-bond acceptors (Lipinski definition) is 3. The number of nitrogens with zero attached hydrogens (tertiary/aromatic N) is 1. The van der Waals surface area contributed by atoms with Crippen molar-refractivity contribution in [3.05, 3.63) is 24.0 Å². The first kappa shape index (κ1) is 12.3. The molecule has 0 saturated carbocycles. The number of nitrogen functional groups attached to an aromatic ring is 1. The fourth-order valence-electron chi connectivity index (χ4n) is 1.35. The molecule has 0 fully saturated rings. The fourth-order valence-corrected chi connectivity index (χ4v) is 1.35. The van der Waals surface area contributed by atoms with Crippen LogP contribution in [0.25, 0.3) is 0 Å². The van der Waals surface area contributed by atoms with E-state index >= 15 is 0 Å². The minimum Gasteiger partial charge on any atom is -0.397 e. The van der Waals surface area contributed by atoms with Gasteiger partial charge in [-0.3, -0.25) is 4.79 Å². The number of rotatable bonds is 3. The lowest BCUT2D eigenvalue weighted by Gasteiger charge is -2.19. The first-order chi connectivity index (χ1) is 7.41. The van der Waals surface area contributed by atoms with Crippen LogP contribution in [-0.2, 0) is 4.79 Å². The van der Waals surface area contributed by atoms with E-state index in [0.29, 0.717) is 11.4 Å². The summed E-state index contributed by atoms with van der Waals surface area (Å²) in [5.41, 5.74) is 6.47. The molecule has 16 heavy (non-hydrogen) atoms. The molecule has 1 rings (SSSR count). The molecule has 0 heterocycles. The van der Waals surface area contributed by atoms with Gasteiger partial charge in [-0.25, -0.2) is 4.39 Å². The zero-order valence-electron chi connectivity index (χ0n) is 9.62. The average Bonchev–Trinajstić information content (AvgIpc) is 2.20. The predicted octanol–water partition coefficient (Wildman–Crippen LogP) is 1.30. The molecule has 0 aromatic heterocycles. The molecule has 1 atom stereocenters. The molecule has 0 aliphatic heterocycles. The fraction of sp³-hybridized carbons (Fsp3) is 0.364. The van der Waals surface area contributed by atoms with E-state index < -0.39 is 11.9 Å². The van der Waals surface area contributed by atoms with Gasteiger partial charge in [-0.2, -0.15) is 0 Å². The van der Waals surface area contributed by atoms with Gasteiger partial charge in [-0.05, 0) is 25.1 Å². The summed E-state index contributed by atoms with van der Waals surface area (Å²) in [6.45, 7) is 1.73. The summed E-state index contributed by atoms with van der Waals surface area (Å²) in [6, 6.07) is 3.63. The van der Waals surface area contributed by atoms with Crippen LogP contribution in [-0.4, -0.2) is 30.9 Å². The number of benzene rings is 1. The Bertz CT molecular complexity index is 393. The van der Waals surface area contributed by atoms with Crippen LogP contribution in [0.5, 0.6) is 0 Å². The second kappa shape index (κ2) is 4.83. The Hall–Kier alpha value is -1.78. The molecule has 1 unspecified atom stereocenters. The molecule has 0 spiro atoms. The van der Waals surface area contributed by atoms with Crippen molar-refractivity contribution in [2.24, 2.45) is 0 Å². The normalized spacial score (nSPS) is 12.0. The standard InChI is InChI=1S/C11H16FN3O/c1-7(11(16)15(2)3)14-10-5-4-8(12)6-9(10)13/h4-7,14H,13H2,1-3H3. The van der Waals surface area contributed by atoms with Crippen molar-refractivity contribution in [2.75, 3.05) is 25.1 Å². The van der Waals surface area contributed by atoms with E-state index in [-0.39, 0.29) is 5.91 Å². The number of carbonyl (C=O) groups excluding carboxylic acids is 1. The highest BCUT2D eigenvalue weighted by Crippen LogP contribution is 2.20. The molecule has 1 aromatic rings. The van der Waals surface area contributed by atoms with E-state index in [1.165, 1.54) is 23.1 Å². The van der Waals surface area contributed by atoms with E-state index in [0.717, 1.165) is 0 Å². The van der Waals surface area contributed by atoms with Crippen molar-refractivity contribution >= 4 is 17.3 Å². The Kier molecular flexibility index (Phi) is 3.71. The second-order valence-electron chi connectivity index (χ2n) is 3.83. The molecule has 0 bridgehead atoms. The zero-order valence-corrected chi connectivity index (χ0v) is 9.62. The smallest absolute Gasteiger partial charge is 0.244 e. The van der Waals surface area contributed by atoms with Gasteiger partial charge in [0.05, 0.1) is 11.4 Å². The topological polar surface area (TPSA) is 58.4 Å². The van der Waals surface area contributed by atoms with Gasteiger partial charge in [-0.1, -0.05) is 0 Å². The third-order valence-electron chi connectivity index (χ3n) is 2.20. The SMILES string of the molecule is CC(Nc1ccc(F)cc1N)C(=O)N(C)C. The van der Waals surface area contributed by atoms with Gasteiger partial charge in [0.2, 0.25) is 5.91 Å². The number of carbonyl (C=O) groups is 1. The monoisotopic (exact) mass is 225 g/mol. The predicted molar refractivity (Wildman–Crippen MR) is 62.6 cm³/mol. The molecule has 1 aromatic carbocycles. The van der Waals surface area contributed by atoms with E-state index in [4.69, 9.17) is 5.73 Å². The summed E-state index contributed by atoms with van der Waals surface area (Å²) in [4.78, 5) is 13.1. The van der Waals surface area contributed by atoms with Crippen LogP contribution in [0.1, 0.15) is 6.92 Å². The third-order valence-corrected chi connectivity index (χ3v) is 2.20. The maximum absolute atomic E-state index is 12.8. The summed E-state index contributed by atoms with van der Waals surface area (Å²) >= 11 is 0. The Labute approximate surface area is 94.2 Å². The number of hydrogen-bond donors (Lipinski definition) is 2. The molecular formula is C11H16FN3O. The van der Waals surface area contributed by atoms with E-state index in [1.54, 1.807) is 21.0 Å². The number of anilines is 2. The average molecular weight is 225 g/mol. The summed E-state index contributed by atoms with van der Waals surface area (Å²) in [5, 5.41) is 2.94. The van der Waals surface area contributed by atoms with Gasteiger partial charge in [0.1, 0.15) is 11.9 Å². The molecule has 3 N–H and O–H groups in total. The van der Waals surface area contributed by atoms with Crippen LogP contribution >= 0.6 is 0 Å². The molecule has 1 amide bonds. The van der Waals surface area contributed by atoms with E-state index in [9.17, 15) is 9.18 Å². The summed E-state index contributed by atoms with van der Waals surface area (Å²) in [7, 11) is 3.35. The maximum Gasteiger partial charge on any atom is 0.244 e. The van der Waals surface area contributed by atoms with Crippen molar-refractivity contribution < 1.29 is 9.18 Å². The van der Waals surface area contributed by atoms with Gasteiger partial charge < -0.3 is 16.0 Å². The maximum atomic E-state index is 12.8. The summed E-state index contributed by atoms with van der Waals surface area (Å²) in [5.74, 6) is -0.460. The first-order valence-corrected chi connectivity index (χ1v) is 4.94. The Morgan fingerprint density at radius 3 is 2.62 bits per heavy atom. The van der Waals surface area contributed by atoms with Crippen molar-refractivity contribution in [3.63, 3.8) is 0 Å². The molecule has 5 heteroatoms. The lowest BCUT2D eigenvalue weighted by Crippen LogP contribution is -2.36. The highest BCUT2D eigenvalue weighted by Gasteiger charge is 2.15.